The molecule has 100 valence electrons. The zero-order chi connectivity index (χ0) is 13.7. The Morgan fingerprint density at radius 3 is 2.79 bits per heavy atom. The van der Waals surface area contributed by atoms with Gasteiger partial charge in [-0.2, -0.15) is 0 Å². The molecule has 0 atom stereocenters. The molecule has 5 nitrogen and oxygen atoms in total. The van der Waals surface area contributed by atoms with E-state index in [0.717, 1.165) is 23.4 Å². The highest BCUT2D eigenvalue weighted by molar-refractivity contribution is 5.70. The highest BCUT2D eigenvalue weighted by Crippen LogP contribution is 2.12. The number of hydrogen-bond acceptors (Lipinski definition) is 3. The second kappa shape index (κ2) is 6.15. The fraction of sp³-hybridized carbons (Fsp3) is 0.286. The molecule has 0 unspecified atom stereocenters. The van der Waals surface area contributed by atoms with Gasteiger partial charge in [-0.25, -0.2) is 4.98 Å². The first-order valence-corrected chi connectivity index (χ1v) is 6.13. The molecule has 0 aliphatic carbocycles. The van der Waals surface area contributed by atoms with Gasteiger partial charge in [-0.1, -0.05) is 24.3 Å². The molecule has 1 heterocycles. The maximum Gasteiger partial charge on any atom is 0.307 e. The van der Waals surface area contributed by atoms with E-state index < -0.39 is 5.97 Å². The topological polar surface area (TPSA) is 67.2 Å². The molecular weight excluding hydrogens is 242 g/mol. The van der Waals surface area contributed by atoms with Gasteiger partial charge in [0.25, 0.3) is 0 Å². The molecule has 1 aromatic heterocycles. The van der Waals surface area contributed by atoms with Gasteiger partial charge in [-0.05, 0) is 18.2 Å². The zero-order valence-corrected chi connectivity index (χ0v) is 10.8. The number of hydrogen-bond donors (Lipinski definition) is 2. The van der Waals surface area contributed by atoms with Gasteiger partial charge in [-0.15, -0.1) is 0 Å². The van der Waals surface area contributed by atoms with Crippen molar-refractivity contribution in [2.45, 2.75) is 19.5 Å². The Kier molecular flexibility index (Phi) is 4.30. The smallest absolute Gasteiger partial charge is 0.307 e. The SMILES string of the molecule is CNCc1cn(Cc2ccccc2CC(=O)O)cn1. The normalized spacial score (nSPS) is 10.6. The van der Waals surface area contributed by atoms with E-state index in [9.17, 15) is 4.79 Å². The van der Waals surface area contributed by atoms with Gasteiger partial charge in [0.05, 0.1) is 18.4 Å². The molecule has 0 spiro atoms. The minimum Gasteiger partial charge on any atom is -0.481 e. The molecule has 19 heavy (non-hydrogen) atoms. The number of rotatable bonds is 6. The van der Waals surface area contributed by atoms with Crippen LogP contribution in [0.1, 0.15) is 16.8 Å². The first kappa shape index (κ1) is 13.3. The van der Waals surface area contributed by atoms with E-state index in [1.165, 1.54) is 0 Å². The Morgan fingerprint density at radius 1 is 1.37 bits per heavy atom. The summed E-state index contributed by atoms with van der Waals surface area (Å²) in [4.78, 5) is 15.1. The van der Waals surface area contributed by atoms with Crippen LogP contribution in [0.15, 0.2) is 36.8 Å². The van der Waals surface area contributed by atoms with Gasteiger partial charge in [0.2, 0.25) is 0 Å². The molecule has 2 rings (SSSR count). The third-order valence-electron chi connectivity index (χ3n) is 2.86. The molecule has 0 bridgehead atoms. The van der Waals surface area contributed by atoms with Gasteiger partial charge in [0, 0.05) is 19.3 Å². The molecule has 2 N–H and O–H groups in total. The van der Waals surface area contributed by atoms with Gasteiger partial charge in [0.15, 0.2) is 0 Å². The van der Waals surface area contributed by atoms with Crippen molar-refractivity contribution < 1.29 is 9.90 Å². The summed E-state index contributed by atoms with van der Waals surface area (Å²) in [7, 11) is 1.88. The molecule has 0 saturated carbocycles. The second-order valence-electron chi connectivity index (χ2n) is 4.41. The van der Waals surface area contributed by atoms with Crippen LogP contribution >= 0.6 is 0 Å². The average Bonchev–Trinajstić information content (AvgIpc) is 2.79. The molecule has 0 saturated heterocycles. The molecule has 0 aliphatic rings. The first-order valence-electron chi connectivity index (χ1n) is 6.13. The Hall–Kier alpha value is -2.14. The van der Waals surface area contributed by atoms with Gasteiger partial charge < -0.3 is 15.0 Å². The van der Waals surface area contributed by atoms with E-state index in [1.54, 1.807) is 6.33 Å². The molecular formula is C14H17N3O2. The summed E-state index contributed by atoms with van der Waals surface area (Å²) in [6.07, 6.45) is 3.78. The van der Waals surface area contributed by atoms with E-state index in [-0.39, 0.29) is 6.42 Å². The summed E-state index contributed by atoms with van der Waals surface area (Å²) < 4.78 is 1.97. The lowest BCUT2D eigenvalue weighted by atomic mass is 10.0. The summed E-state index contributed by atoms with van der Waals surface area (Å²) in [6.45, 7) is 1.37. The summed E-state index contributed by atoms with van der Waals surface area (Å²) in [5.74, 6) is -0.811. The monoisotopic (exact) mass is 259 g/mol. The standard InChI is InChI=1S/C14H17N3O2/c1-15-7-13-9-17(10-16-13)8-12-5-3-2-4-11(12)6-14(18)19/h2-5,9-10,15H,6-8H2,1H3,(H,18,19). The molecule has 0 aliphatic heterocycles. The van der Waals surface area contributed by atoms with Gasteiger partial charge in [0.1, 0.15) is 0 Å². The predicted molar refractivity (Wildman–Crippen MR) is 71.9 cm³/mol. The molecule has 2 aromatic rings. The van der Waals surface area contributed by atoms with Crippen LogP contribution in [0.2, 0.25) is 0 Å². The van der Waals surface area contributed by atoms with Crippen molar-refractivity contribution in [3.05, 3.63) is 53.6 Å². The van der Waals surface area contributed by atoms with Crippen LogP contribution in [0.5, 0.6) is 0 Å². The van der Waals surface area contributed by atoms with Crippen molar-refractivity contribution in [3.63, 3.8) is 0 Å². The van der Waals surface area contributed by atoms with Crippen molar-refractivity contribution in [3.8, 4) is 0 Å². The molecule has 0 amide bonds. The number of benzene rings is 1. The Morgan fingerprint density at radius 2 is 2.11 bits per heavy atom. The Balaban J connectivity index is 2.15. The number of imidazole rings is 1. The third kappa shape index (κ3) is 3.66. The van der Waals surface area contributed by atoms with Gasteiger partial charge >= 0.3 is 5.97 Å². The number of aliphatic carboxylic acids is 1. The lowest BCUT2D eigenvalue weighted by molar-refractivity contribution is -0.136. The van der Waals surface area contributed by atoms with Crippen LogP contribution in [-0.2, 0) is 24.3 Å². The predicted octanol–water partition coefficient (Wildman–Crippen LogP) is 1.28. The Bertz CT molecular complexity index is 563. The number of carboxylic acid groups (broad SMARTS) is 1. The number of nitrogens with one attached hydrogen (secondary N) is 1. The molecule has 5 heteroatoms. The molecule has 0 fully saturated rings. The summed E-state index contributed by atoms with van der Waals surface area (Å²) in [5.41, 5.74) is 2.83. The van der Waals surface area contributed by atoms with E-state index in [2.05, 4.69) is 10.3 Å². The second-order valence-corrected chi connectivity index (χ2v) is 4.41. The minimum absolute atomic E-state index is 0.0498. The first-order chi connectivity index (χ1) is 9.19. The van der Waals surface area contributed by atoms with Crippen LogP contribution in [-0.4, -0.2) is 27.7 Å². The largest absolute Gasteiger partial charge is 0.481 e. The maximum atomic E-state index is 10.8. The van der Waals surface area contributed by atoms with E-state index in [1.807, 2.05) is 42.1 Å². The lowest BCUT2D eigenvalue weighted by Crippen LogP contribution is -2.07. The fourth-order valence-electron chi connectivity index (χ4n) is 2.01. The number of carbonyl (C=O) groups is 1. The number of carboxylic acids is 1. The molecule has 0 radical (unpaired) electrons. The van der Waals surface area contributed by atoms with Crippen LogP contribution < -0.4 is 5.32 Å². The van der Waals surface area contributed by atoms with E-state index >= 15 is 0 Å². The number of aromatic nitrogens is 2. The van der Waals surface area contributed by atoms with Crippen molar-refractivity contribution in [2.24, 2.45) is 0 Å². The average molecular weight is 259 g/mol. The highest BCUT2D eigenvalue weighted by atomic mass is 16.4. The summed E-state index contributed by atoms with van der Waals surface area (Å²) in [6, 6.07) is 7.60. The zero-order valence-electron chi connectivity index (χ0n) is 10.8. The highest BCUT2D eigenvalue weighted by Gasteiger charge is 2.07. The minimum atomic E-state index is -0.811. The van der Waals surface area contributed by atoms with Crippen LogP contribution in [0.4, 0.5) is 0 Å². The van der Waals surface area contributed by atoms with E-state index in [4.69, 9.17) is 5.11 Å². The van der Waals surface area contributed by atoms with Crippen molar-refractivity contribution in [1.29, 1.82) is 0 Å². The fourth-order valence-corrected chi connectivity index (χ4v) is 2.01. The van der Waals surface area contributed by atoms with Crippen molar-refractivity contribution in [2.75, 3.05) is 7.05 Å². The Labute approximate surface area is 111 Å². The summed E-state index contributed by atoms with van der Waals surface area (Å²) in [5, 5.41) is 11.9. The summed E-state index contributed by atoms with van der Waals surface area (Å²) >= 11 is 0. The third-order valence-corrected chi connectivity index (χ3v) is 2.86. The van der Waals surface area contributed by atoms with Gasteiger partial charge in [-0.3, -0.25) is 4.79 Å². The maximum absolute atomic E-state index is 10.8. The van der Waals surface area contributed by atoms with Crippen LogP contribution in [0.3, 0.4) is 0 Å². The van der Waals surface area contributed by atoms with Crippen LogP contribution in [0.25, 0.3) is 0 Å². The van der Waals surface area contributed by atoms with Crippen molar-refractivity contribution >= 4 is 5.97 Å². The number of nitrogens with zero attached hydrogens (tertiary/aromatic N) is 2. The quantitative estimate of drug-likeness (QED) is 0.820. The van der Waals surface area contributed by atoms with E-state index in [0.29, 0.717) is 6.54 Å². The van der Waals surface area contributed by atoms with Crippen molar-refractivity contribution in [1.82, 2.24) is 14.9 Å². The lowest BCUT2D eigenvalue weighted by Gasteiger charge is -2.08. The van der Waals surface area contributed by atoms with Crippen LogP contribution in [0, 0.1) is 0 Å². The molecule has 1 aromatic carbocycles.